The van der Waals surface area contributed by atoms with Crippen LogP contribution in [-0.2, 0) is 16.3 Å². The van der Waals surface area contributed by atoms with Gasteiger partial charge in [-0.2, -0.15) is 0 Å². The van der Waals surface area contributed by atoms with Crippen molar-refractivity contribution < 1.29 is 17.9 Å². The van der Waals surface area contributed by atoms with Crippen molar-refractivity contribution in [1.29, 1.82) is 0 Å². The molecule has 1 aliphatic heterocycles. The predicted molar refractivity (Wildman–Crippen MR) is 71.7 cm³/mol. The molecule has 19 heavy (non-hydrogen) atoms. The van der Waals surface area contributed by atoms with E-state index < -0.39 is 22.0 Å². The van der Waals surface area contributed by atoms with Crippen molar-refractivity contribution in [3.63, 3.8) is 0 Å². The summed E-state index contributed by atoms with van der Waals surface area (Å²) in [5.74, 6) is 0.332. The molecule has 102 valence electrons. The normalized spacial score (nSPS) is 20.2. The van der Waals surface area contributed by atoms with Crippen LogP contribution in [0.15, 0.2) is 35.7 Å². The molecule has 1 unspecified atom stereocenters. The molecule has 1 amide bonds. The van der Waals surface area contributed by atoms with Gasteiger partial charge in [-0.1, -0.05) is 19.1 Å². The van der Waals surface area contributed by atoms with E-state index in [1.807, 2.05) is 13.0 Å². The Hall–Kier alpha value is -1.82. The van der Waals surface area contributed by atoms with Gasteiger partial charge in [-0.3, -0.25) is 0 Å². The lowest BCUT2D eigenvalue weighted by Crippen LogP contribution is -2.37. The third-order valence-electron chi connectivity index (χ3n) is 2.75. The summed E-state index contributed by atoms with van der Waals surface area (Å²) >= 11 is 0. The second-order valence-electron chi connectivity index (χ2n) is 4.30. The van der Waals surface area contributed by atoms with Gasteiger partial charge in [0.25, 0.3) is 0 Å². The van der Waals surface area contributed by atoms with E-state index in [4.69, 9.17) is 4.74 Å². The third kappa shape index (κ3) is 3.82. The van der Waals surface area contributed by atoms with Crippen molar-refractivity contribution >= 4 is 15.9 Å². The fourth-order valence-electron chi connectivity index (χ4n) is 1.78. The van der Waals surface area contributed by atoms with Gasteiger partial charge in [-0.15, -0.1) is 0 Å². The maximum Gasteiger partial charge on any atom is 0.413 e. The Kier molecular flexibility index (Phi) is 3.90. The van der Waals surface area contributed by atoms with Crippen molar-refractivity contribution in [3.05, 3.63) is 41.3 Å². The van der Waals surface area contributed by atoms with Crippen LogP contribution >= 0.6 is 0 Å². The first-order valence-corrected chi connectivity index (χ1v) is 7.68. The molecular formula is C13H15NO4S. The van der Waals surface area contributed by atoms with Crippen LogP contribution in [0.3, 0.4) is 0 Å². The Balaban J connectivity index is 1.93. The molecule has 0 fully saturated rings. The zero-order chi connectivity index (χ0) is 13.9. The van der Waals surface area contributed by atoms with Crippen LogP contribution in [0.2, 0.25) is 0 Å². The van der Waals surface area contributed by atoms with Gasteiger partial charge in [0.2, 0.25) is 0 Å². The number of sulfone groups is 1. The van der Waals surface area contributed by atoms with E-state index >= 15 is 0 Å². The van der Waals surface area contributed by atoms with Crippen LogP contribution in [-0.4, -0.2) is 26.3 Å². The Morgan fingerprint density at radius 2 is 2.26 bits per heavy atom. The molecule has 0 aromatic heterocycles. The highest BCUT2D eigenvalue weighted by molar-refractivity contribution is 7.94. The fourth-order valence-corrected chi connectivity index (χ4v) is 3.02. The molecule has 6 heteroatoms. The topological polar surface area (TPSA) is 72.5 Å². The van der Waals surface area contributed by atoms with E-state index in [9.17, 15) is 13.2 Å². The molecule has 1 aromatic rings. The highest BCUT2D eigenvalue weighted by atomic mass is 32.2. The zero-order valence-electron chi connectivity index (χ0n) is 10.5. The Bertz CT molecular complexity index is 607. The summed E-state index contributed by atoms with van der Waals surface area (Å²) in [4.78, 5) is 11.6. The maximum atomic E-state index is 11.6. The van der Waals surface area contributed by atoms with Gasteiger partial charge in [0.15, 0.2) is 9.84 Å². The summed E-state index contributed by atoms with van der Waals surface area (Å²) in [5, 5.41) is 3.60. The summed E-state index contributed by atoms with van der Waals surface area (Å²) in [6, 6.07) is 6.69. The highest BCUT2D eigenvalue weighted by Crippen LogP contribution is 2.14. The molecule has 1 heterocycles. The van der Waals surface area contributed by atoms with Crippen LogP contribution in [0.4, 0.5) is 4.79 Å². The molecule has 1 N–H and O–H groups in total. The number of hydrogen-bond acceptors (Lipinski definition) is 4. The first kappa shape index (κ1) is 13.6. The van der Waals surface area contributed by atoms with Gasteiger partial charge in [-0.05, 0) is 30.2 Å². The number of carbonyl (C=O) groups excluding carboxylic acids is 1. The van der Waals surface area contributed by atoms with Crippen LogP contribution in [0.5, 0.6) is 5.75 Å². The molecule has 1 atom stereocenters. The van der Waals surface area contributed by atoms with Crippen molar-refractivity contribution in [2.45, 2.75) is 19.4 Å². The zero-order valence-corrected chi connectivity index (χ0v) is 11.3. The molecule has 2 rings (SSSR count). The van der Waals surface area contributed by atoms with E-state index in [-0.39, 0.29) is 5.75 Å². The van der Waals surface area contributed by atoms with Gasteiger partial charge < -0.3 is 10.1 Å². The molecule has 0 radical (unpaired) electrons. The summed E-state index contributed by atoms with van der Waals surface area (Å²) < 4.78 is 27.5. The van der Waals surface area contributed by atoms with Crippen LogP contribution in [0, 0.1) is 0 Å². The number of aryl methyl sites for hydroxylation is 1. The van der Waals surface area contributed by atoms with Crippen molar-refractivity contribution in [2.75, 3.05) is 5.75 Å². The lowest BCUT2D eigenvalue weighted by Gasteiger charge is -2.10. The molecule has 1 aliphatic rings. The largest absolute Gasteiger partial charge is 0.413 e. The minimum absolute atomic E-state index is 0.114. The van der Waals surface area contributed by atoms with E-state index in [0.29, 0.717) is 5.75 Å². The molecule has 0 aliphatic carbocycles. The van der Waals surface area contributed by atoms with Crippen LogP contribution < -0.4 is 10.1 Å². The van der Waals surface area contributed by atoms with Gasteiger partial charge in [-0.25, -0.2) is 13.2 Å². The SMILES string of the molecule is CCc1cccc(OC(=O)NC2C=CS(=O)(=O)C2)c1. The van der Waals surface area contributed by atoms with Gasteiger partial charge in [0.05, 0.1) is 11.8 Å². The summed E-state index contributed by atoms with van der Waals surface area (Å²) in [6.45, 7) is 2.01. The first-order chi connectivity index (χ1) is 8.98. The smallest absolute Gasteiger partial charge is 0.410 e. The maximum absolute atomic E-state index is 11.6. The number of ether oxygens (including phenoxy) is 1. The number of benzene rings is 1. The van der Waals surface area contributed by atoms with Crippen LogP contribution in [0.1, 0.15) is 12.5 Å². The number of amides is 1. The van der Waals surface area contributed by atoms with Gasteiger partial charge >= 0.3 is 6.09 Å². The van der Waals surface area contributed by atoms with Crippen molar-refractivity contribution in [2.24, 2.45) is 0 Å². The summed E-state index contributed by atoms with van der Waals surface area (Å²) in [6.07, 6.45) is 1.64. The second kappa shape index (κ2) is 5.44. The van der Waals surface area contributed by atoms with Crippen LogP contribution in [0.25, 0.3) is 0 Å². The highest BCUT2D eigenvalue weighted by Gasteiger charge is 2.23. The van der Waals surface area contributed by atoms with E-state index in [2.05, 4.69) is 5.32 Å². The number of carbonyl (C=O) groups is 1. The Morgan fingerprint density at radius 1 is 1.47 bits per heavy atom. The van der Waals surface area contributed by atoms with Gasteiger partial charge in [0.1, 0.15) is 5.75 Å². The lowest BCUT2D eigenvalue weighted by molar-refractivity contribution is 0.199. The Labute approximate surface area is 112 Å². The quantitative estimate of drug-likeness (QED) is 0.914. The van der Waals surface area contributed by atoms with E-state index in [1.54, 1.807) is 18.2 Å². The molecule has 5 nitrogen and oxygen atoms in total. The third-order valence-corrected chi connectivity index (χ3v) is 4.15. The fraction of sp³-hybridized carbons (Fsp3) is 0.308. The van der Waals surface area contributed by atoms with E-state index in [1.165, 1.54) is 6.08 Å². The molecule has 0 bridgehead atoms. The summed E-state index contributed by atoms with van der Waals surface area (Å²) in [7, 11) is -3.18. The molecule has 0 saturated carbocycles. The number of nitrogens with one attached hydrogen (secondary N) is 1. The molecular weight excluding hydrogens is 266 g/mol. The molecule has 0 spiro atoms. The predicted octanol–water partition coefficient (Wildman–Crippen LogP) is 1.65. The second-order valence-corrected chi connectivity index (χ2v) is 6.23. The average molecular weight is 281 g/mol. The molecule has 0 saturated heterocycles. The average Bonchev–Trinajstić information content (AvgIpc) is 2.68. The van der Waals surface area contributed by atoms with E-state index in [0.717, 1.165) is 17.4 Å². The summed E-state index contributed by atoms with van der Waals surface area (Å²) in [5.41, 5.74) is 1.06. The Morgan fingerprint density at radius 3 is 2.89 bits per heavy atom. The first-order valence-electron chi connectivity index (χ1n) is 5.97. The number of hydrogen-bond donors (Lipinski definition) is 1. The minimum Gasteiger partial charge on any atom is -0.410 e. The lowest BCUT2D eigenvalue weighted by atomic mass is 10.2. The van der Waals surface area contributed by atoms with Gasteiger partial charge in [0, 0.05) is 5.41 Å². The van der Waals surface area contributed by atoms with Crippen molar-refractivity contribution in [1.82, 2.24) is 5.32 Å². The molecule has 1 aromatic carbocycles. The monoisotopic (exact) mass is 281 g/mol. The minimum atomic E-state index is -3.18. The number of rotatable bonds is 3. The van der Waals surface area contributed by atoms with Crippen molar-refractivity contribution in [3.8, 4) is 5.75 Å². The standard InChI is InChI=1S/C13H15NO4S/c1-2-10-4-3-5-12(8-10)18-13(15)14-11-6-7-19(16,17)9-11/h3-8,11H,2,9H2,1H3,(H,14,15).